The second-order valence-corrected chi connectivity index (χ2v) is 4.35. The molecular weight excluding hydrogens is 240 g/mol. The average molecular weight is 254 g/mol. The number of aliphatic hydroxyl groups is 1. The summed E-state index contributed by atoms with van der Waals surface area (Å²) in [6.07, 6.45) is 0.845. The van der Waals surface area contributed by atoms with Gasteiger partial charge in [-0.05, 0) is 37.3 Å². The summed E-state index contributed by atoms with van der Waals surface area (Å²) in [5.74, 6) is 1.30. The van der Waals surface area contributed by atoms with Crippen molar-refractivity contribution in [2.24, 2.45) is 0 Å². The Morgan fingerprint density at radius 1 is 1.11 bits per heavy atom. The van der Waals surface area contributed by atoms with Crippen molar-refractivity contribution in [3.05, 3.63) is 71.9 Å². The number of aryl methyl sites for hydroxylation is 1. The number of benzene rings is 1. The highest BCUT2D eigenvalue weighted by atomic mass is 16.4. The van der Waals surface area contributed by atoms with E-state index in [1.54, 1.807) is 23.0 Å². The fourth-order valence-corrected chi connectivity index (χ4v) is 2.05. The molecule has 1 atom stereocenters. The minimum Gasteiger partial charge on any atom is -0.463 e. The Labute approximate surface area is 110 Å². The molecule has 0 bridgehead atoms. The zero-order chi connectivity index (χ0) is 13.2. The van der Waals surface area contributed by atoms with Crippen LogP contribution in [-0.4, -0.2) is 14.9 Å². The van der Waals surface area contributed by atoms with Gasteiger partial charge in [-0.1, -0.05) is 18.2 Å². The van der Waals surface area contributed by atoms with Gasteiger partial charge in [-0.3, -0.25) is 0 Å². The Hall–Kier alpha value is -2.33. The normalized spacial score (nSPS) is 12.5. The molecule has 2 aromatic heterocycles. The maximum Gasteiger partial charge on any atom is 0.153 e. The van der Waals surface area contributed by atoms with E-state index in [1.807, 2.05) is 43.3 Å². The van der Waals surface area contributed by atoms with Crippen LogP contribution in [0.5, 0.6) is 0 Å². The summed E-state index contributed by atoms with van der Waals surface area (Å²) in [5, 5.41) is 14.6. The van der Waals surface area contributed by atoms with E-state index in [-0.39, 0.29) is 0 Å². The minimum absolute atomic E-state index is 0.523. The van der Waals surface area contributed by atoms with Gasteiger partial charge in [0, 0.05) is 6.20 Å². The van der Waals surface area contributed by atoms with Crippen LogP contribution >= 0.6 is 0 Å². The van der Waals surface area contributed by atoms with Crippen LogP contribution in [-0.2, 0) is 0 Å². The van der Waals surface area contributed by atoms with Gasteiger partial charge in [-0.2, -0.15) is 5.10 Å². The van der Waals surface area contributed by atoms with E-state index in [2.05, 4.69) is 5.10 Å². The second-order valence-electron chi connectivity index (χ2n) is 4.35. The smallest absolute Gasteiger partial charge is 0.153 e. The van der Waals surface area contributed by atoms with E-state index in [0.717, 1.165) is 11.4 Å². The third kappa shape index (κ3) is 2.18. The molecule has 0 aliphatic heterocycles. The summed E-state index contributed by atoms with van der Waals surface area (Å²) < 4.78 is 7.18. The molecule has 4 heteroatoms. The third-order valence-corrected chi connectivity index (χ3v) is 2.98. The van der Waals surface area contributed by atoms with Crippen molar-refractivity contribution < 1.29 is 9.52 Å². The van der Waals surface area contributed by atoms with Crippen LogP contribution in [0.2, 0.25) is 0 Å². The largest absolute Gasteiger partial charge is 0.463 e. The van der Waals surface area contributed by atoms with Crippen LogP contribution in [0.3, 0.4) is 0 Å². The molecule has 96 valence electrons. The van der Waals surface area contributed by atoms with Crippen molar-refractivity contribution in [1.29, 1.82) is 0 Å². The lowest BCUT2D eigenvalue weighted by Gasteiger charge is -2.11. The van der Waals surface area contributed by atoms with E-state index < -0.39 is 6.10 Å². The Bertz CT molecular complexity index is 670. The molecule has 0 aliphatic rings. The van der Waals surface area contributed by atoms with Gasteiger partial charge in [0.15, 0.2) is 6.10 Å². The van der Waals surface area contributed by atoms with Crippen LogP contribution in [0.15, 0.2) is 59.1 Å². The number of para-hydroxylation sites is 1. The summed E-state index contributed by atoms with van der Waals surface area (Å²) in [6, 6.07) is 15.1. The van der Waals surface area contributed by atoms with E-state index >= 15 is 0 Å². The zero-order valence-electron chi connectivity index (χ0n) is 10.5. The first-order chi connectivity index (χ1) is 9.25. The molecule has 0 aliphatic carbocycles. The Balaban J connectivity index is 2.01. The lowest BCUT2D eigenvalue weighted by molar-refractivity contribution is 0.180. The molecule has 3 aromatic rings. The van der Waals surface area contributed by atoms with Crippen molar-refractivity contribution in [1.82, 2.24) is 9.78 Å². The van der Waals surface area contributed by atoms with Crippen LogP contribution < -0.4 is 0 Å². The summed E-state index contributed by atoms with van der Waals surface area (Å²) in [5.41, 5.74) is 1.59. The molecule has 1 unspecified atom stereocenters. The quantitative estimate of drug-likeness (QED) is 0.782. The monoisotopic (exact) mass is 254 g/mol. The summed E-state index contributed by atoms with van der Waals surface area (Å²) in [7, 11) is 0. The molecule has 1 N–H and O–H groups in total. The Morgan fingerprint density at radius 2 is 1.89 bits per heavy atom. The van der Waals surface area contributed by atoms with Gasteiger partial charge in [0.2, 0.25) is 0 Å². The maximum absolute atomic E-state index is 10.4. The highest BCUT2D eigenvalue weighted by Gasteiger charge is 2.19. The summed E-state index contributed by atoms with van der Waals surface area (Å²) in [6.45, 7) is 1.85. The number of nitrogens with zero attached hydrogens (tertiary/aromatic N) is 2. The Kier molecular flexibility index (Phi) is 2.93. The number of aromatic nitrogens is 2. The topological polar surface area (TPSA) is 51.2 Å². The molecule has 0 saturated carbocycles. The fourth-order valence-electron chi connectivity index (χ4n) is 2.05. The van der Waals surface area contributed by atoms with Crippen molar-refractivity contribution in [3.8, 4) is 5.69 Å². The molecular formula is C15H14N2O2. The SMILES string of the molecule is Cc1ccc(C(O)c2ccnn2-c2ccccc2)o1. The summed E-state index contributed by atoms with van der Waals surface area (Å²) >= 11 is 0. The highest BCUT2D eigenvalue weighted by Crippen LogP contribution is 2.25. The molecule has 19 heavy (non-hydrogen) atoms. The standard InChI is InChI=1S/C15H14N2O2/c1-11-7-8-14(19-11)15(18)13-9-10-16-17(13)12-5-3-2-4-6-12/h2-10,15,18H,1H3. The first-order valence-electron chi connectivity index (χ1n) is 6.09. The first kappa shape index (κ1) is 11.7. The predicted molar refractivity (Wildman–Crippen MR) is 71.1 cm³/mol. The van der Waals surface area contributed by atoms with Crippen LogP contribution in [0.25, 0.3) is 5.69 Å². The van der Waals surface area contributed by atoms with Crippen LogP contribution in [0.1, 0.15) is 23.3 Å². The van der Waals surface area contributed by atoms with Gasteiger partial charge in [0.25, 0.3) is 0 Å². The number of rotatable bonds is 3. The van der Waals surface area contributed by atoms with Gasteiger partial charge in [0.05, 0.1) is 11.4 Å². The highest BCUT2D eigenvalue weighted by molar-refractivity contribution is 5.34. The number of hydrogen-bond acceptors (Lipinski definition) is 3. The lowest BCUT2D eigenvalue weighted by atomic mass is 10.2. The molecule has 2 heterocycles. The van der Waals surface area contributed by atoms with Crippen LogP contribution in [0.4, 0.5) is 0 Å². The molecule has 4 nitrogen and oxygen atoms in total. The molecule has 0 fully saturated rings. The predicted octanol–water partition coefficient (Wildman–Crippen LogP) is 2.86. The summed E-state index contributed by atoms with van der Waals surface area (Å²) in [4.78, 5) is 0. The third-order valence-electron chi connectivity index (χ3n) is 2.98. The van der Waals surface area contributed by atoms with Crippen molar-refractivity contribution in [3.63, 3.8) is 0 Å². The van der Waals surface area contributed by atoms with Crippen LogP contribution in [0, 0.1) is 6.92 Å². The Morgan fingerprint density at radius 3 is 2.58 bits per heavy atom. The lowest BCUT2D eigenvalue weighted by Crippen LogP contribution is -2.07. The zero-order valence-corrected chi connectivity index (χ0v) is 10.5. The van der Waals surface area contributed by atoms with Crippen molar-refractivity contribution in [2.45, 2.75) is 13.0 Å². The average Bonchev–Trinajstić information content (AvgIpc) is 3.07. The number of aliphatic hydroxyl groups excluding tert-OH is 1. The molecule has 0 spiro atoms. The van der Waals surface area contributed by atoms with E-state index in [4.69, 9.17) is 4.42 Å². The van der Waals surface area contributed by atoms with E-state index in [9.17, 15) is 5.11 Å². The number of hydrogen-bond donors (Lipinski definition) is 1. The van der Waals surface area contributed by atoms with Gasteiger partial charge in [0.1, 0.15) is 11.5 Å². The van der Waals surface area contributed by atoms with Crippen molar-refractivity contribution >= 4 is 0 Å². The fraction of sp³-hybridized carbons (Fsp3) is 0.133. The first-order valence-corrected chi connectivity index (χ1v) is 6.09. The number of furan rings is 1. The van der Waals surface area contributed by atoms with E-state index in [1.165, 1.54) is 0 Å². The molecule has 3 rings (SSSR count). The minimum atomic E-state index is -0.823. The van der Waals surface area contributed by atoms with E-state index in [0.29, 0.717) is 11.5 Å². The van der Waals surface area contributed by atoms with Gasteiger partial charge in [-0.15, -0.1) is 0 Å². The van der Waals surface area contributed by atoms with Crippen molar-refractivity contribution in [2.75, 3.05) is 0 Å². The molecule has 1 aromatic carbocycles. The maximum atomic E-state index is 10.4. The second kappa shape index (κ2) is 4.74. The van der Waals surface area contributed by atoms with Gasteiger partial charge < -0.3 is 9.52 Å². The molecule has 0 radical (unpaired) electrons. The van der Waals surface area contributed by atoms with Gasteiger partial charge in [-0.25, -0.2) is 4.68 Å². The molecule has 0 amide bonds. The molecule has 0 saturated heterocycles. The van der Waals surface area contributed by atoms with Gasteiger partial charge >= 0.3 is 0 Å².